The van der Waals surface area contributed by atoms with Crippen LogP contribution in [0.5, 0.6) is 0 Å². The van der Waals surface area contributed by atoms with Gasteiger partial charge in [-0.3, -0.25) is 0 Å². The average molecular weight is 257 g/mol. The number of aryl methyl sites for hydroxylation is 1. The summed E-state index contributed by atoms with van der Waals surface area (Å²) < 4.78 is 0. The molecule has 2 aliphatic rings. The molecule has 0 aromatic heterocycles. The predicted molar refractivity (Wildman–Crippen MR) is 81.3 cm³/mol. The van der Waals surface area contributed by atoms with Crippen LogP contribution in [-0.4, -0.2) is 6.54 Å². The zero-order valence-corrected chi connectivity index (χ0v) is 12.3. The van der Waals surface area contributed by atoms with Crippen molar-refractivity contribution in [3.8, 4) is 0 Å². The molecule has 0 bridgehead atoms. The molecule has 1 aromatic rings. The summed E-state index contributed by atoms with van der Waals surface area (Å²) in [5, 5.41) is 0. The monoisotopic (exact) mass is 257 g/mol. The van der Waals surface area contributed by atoms with Crippen molar-refractivity contribution in [2.24, 2.45) is 11.1 Å². The first-order valence-corrected chi connectivity index (χ1v) is 7.95. The smallest absolute Gasteiger partial charge is 0.00862 e. The zero-order valence-electron chi connectivity index (χ0n) is 12.3. The van der Waals surface area contributed by atoms with Crippen LogP contribution in [0.25, 0.3) is 0 Å². The third-order valence-corrected chi connectivity index (χ3v) is 5.61. The van der Waals surface area contributed by atoms with Crippen molar-refractivity contribution in [3.05, 3.63) is 35.4 Å². The molecule has 1 aromatic carbocycles. The molecule has 0 amide bonds. The number of hydrogen-bond donors (Lipinski definition) is 1. The van der Waals surface area contributed by atoms with Gasteiger partial charge in [-0.15, -0.1) is 0 Å². The van der Waals surface area contributed by atoms with E-state index in [0.29, 0.717) is 5.41 Å². The van der Waals surface area contributed by atoms with Crippen LogP contribution in [0.2, 0.25) is 0 Å². The maximum Gasteiger partial charge on any atom is 0.00862 e. The normalized spacial score (nSPS) is 24.7. The van der Waals surface area contributed by atoms with Crippen molar-refractivity contribution in [2.75, 3.05) is 6.54 Å². The SMILES string of the molecule is Cc1cccc(C2(CN)CC3(CCCCCC3)C2)c1. The molecular weight excluding hydrogens is 230 g/mol. The van der Waals surface area contributed by atoms with Crippen LogP contribution < -0.4 is 5.73 Å². The highest BCUT2D eigenvalue weighted by Gasteiger charge is 2.53. The lowest BCUT2D eigenvalue weighted by atomic mass is 9.48. The van der Waals surface area contributed by atoms with Crippen LogP contribution >= 0.6 is 0 Å². The van der Waals surface area contributed by atoms with E-state index >= 15 is 0 Å². The summed E-state index contributed by atoms with van der Waals surface area (Å²) in [6.45, 7) is 3.01. The Balaban J connectivity index is 1.80. The second-order valence-electron chi connectivity index (χ2n) is 7.12. The molecule has 2 aliphatic carbocycles. The van der Waals surface area contributed by atoms with E-state index < -0.39 is 0 Å². The Morgan fingerprint density at radius 3 is 2.32 bits per heavy atom. The second kappa shape index (κ2) is 4.94. The number of rotatable bonds is 2. The van der Waals surface area contributed by atoms with Gasteiger partial charge in [0.2, 0.25) is 0 Å². The van der Waals surface area contributed by atoms with E-state index in [1.165, 1.54) is 62.5 Å². The lowest BCUT2D eigenvalue weighted by Gasteiger charge is -2.57. The van der Waals surface area contributed by atoms with Crippen molar-refractivity contribution in [2.45, 2.75) is 63.7 Å². The number of benzene rings is 1. The molecule has 0 unspecified atom stereocenters. The van der Waals surface area contributed by atoms with Gasteiger partial charge in [0.05, 0.1) is 0 Å². The standard InChI is InChI=1S/C18H27N/c1-15-7-6-8-16(11-15)18(14-19)12-17(13-18)9-4-2-3-5-10-17/h6-8,11H,2-5,9-10,12-14,19H2,1H3. The van der Waals surface area contributed by atoms with Gasteiger partial charge in [-0.2, -0.15) is 0 Å². The van der Waals surface area contributed by atoms with Gasteiger partial charge in [0.15, 0.2) is 0 Å². The first-order valence-electron chi connectivity index (χ1n) is 7.95. The van der Waals surface area contributed by atoms with E-state index in [4.69, 9.17) is 5.73 Å². The van der Waals surface area contributed by atoms with Gasteiger partial charge in [-0.25, -0.2) is 0 Å². The largest absolute Gasteiger partial charge is 0.330 e. The van der Waals surface area contributed by atoms with E-state index in [0.717, 1.165) is 6.54 Å². The van der Waals surface area contributed by atoms with E-state index in [1.807, 2.05) is 0 Å². The van der Waals surface area contributed by atoms with Crippen LogP contribution in [0.1, 0.15) is 62.5 Å². The lowest BCUT2D eigenvalue weighted by molar-refractivity contribution is 0.0112. The molecule has 0 atom stereocenters. The molecule has 1 heteroatoms. The Morgan fingerprint density at radius 1 is 1.05 bits per heavy atom. The Hall–Kier alpha value is -0.820. The summed E-state index contributed by atoms with van der Waals surface area (Å²) >= 11 is 0. The van der Waals surface area contributed by atoms with E-state index in [1.54, 1.807) is 0 Å². The van der Waals surface area contributed by atoms with Crippen LogP contribution in [0.3, 0.4) is 0 Å². The molecule has 104 valence electrons. The summed E-state index contributed by atoms with van der Waals surface area (Å²) in [5.74, 6) is 0. The summed E-state index contributed by atoms with van der Waals surface area (Å²) in [6.07, 6.45) is 11.3. The van der Waals surface area contributed by atoms with Gasteiger partial charge >= 0.3 is 0 Å². The van der Waals surface area contributed by atoms with Gasteiger partial charge in [-0.1, -0.05) is 55.5 Å². The van der Waals surface area contributed by atoms with Gasteiger partial charge in [0.25, 0.3) is 0 Å². The number of hydrogen-bond acceptors (Lipinski definition) is 1. The molecule has 3 rings (SSSR count). The summed E-state index contributed by atoms with van der Waals surface area (Å²) in [4.78, 5) is 0. The average Bonchev–Trinajstić information content (AvgIpc) is 2.62. The Labute approximate surface area is 117 Å². The molecule has 0 saturated heterocycles. The zero-order chi connectivity index (χ0) is 13.3. The molecule has 0 heterocycles. The van der Waals surface area contributed by atoms with Gasteiger partial charge in [-0.05, 0) is 43.6 Å². The molecular formula is C18H27N. The highest BCUT2D eigenvalue weighted by atomic mass is 14.7. The van der Waals surface area contributed by atoms with Crippen molar-refractivity contribution < 1.29 is 0 Å². The van der Waals surface area contributed by atoms with Crippen LogP contribution in [0, 0.1) is 12.3 Å². The van der Waals surface area contributed by atoms with Crippen molar-refractivity contribution >= 4 is 0 Å². The van der Waals surface area contributed by atoms with Gasteiger partial charge in [0.1, 0.15) is 0 Å². The quantitative estimate of drug-likeness (QED) is 0.838. The molecule has 1 spiro atoms. The highest BCUT2D eigenvalue weighted by molar-refractivity contribution is 5.34. The minimum absolute atomic E-state index is 0.288. The Bertz CT molecular complexity index is 433. The van der Waals surface area contributed by atoms with Gasteiger partial charge in [0, 0.05) is 12.0 Å². The molecule has 0 radical (unpaired) electrons. The first-order chi connectivity index (χ1) is 9.18. The minimum Gasteiger partial charge on any atom is -0.330 e. The van der Waals surface area contributed by atoms with E-state index in [2.05, 4.69) is 31.2 Å². The molecule has 1 nitrogen and oxygen atoms in total. The molecule has 2 fully saturated rings. The second-order valence-corrected chi connectivity index (χ2v) is 7.12. The third-order valence-electron chi connectivity index (χ3n) is 5.61. The van der Waals surface area contributed by atoms with Crippen LogP contribution in [0.15, 0.2) is 24.3 Å². The summed E-state index contributed by atoms with van der Waals surface area (Å²) in [5.41, 5.74) is 9.96. The first kappa shape index (κ1) is 13.2. The fourth-order valence-electron chi connectivity index (χ4n) is 4.66. The summed E-state index contributed by atoms with van der Waals surface area (Å²) in [6, 6.07) is 9.04. The van der Waals surface area contributed by atoms with Crippen LogP contribution in [-0.2, 0) is 5.41 Å². The maximum atomic E-state index is 6.18. The van der Waals surface area contributed by atoms with Crippen molar-refractivity contribution in [1.29, 1.82) is 0 Å². The van der Waals surface area contributed by atoms with E-state index in [-0.39, 0.29) is 5.41 Å². The van der Waals surface area contributed by atoms with E-state index in [9.17, 15) is 0 Å². The van der Waals surface area contributed by atoms with Gasteiger partial charge < -0.3 is 5.73 Å². The highest BCUT2D eigenvalue weighted by Crippen LogP contribution is 2.60. The Kier molecular flexibility index (Phi) is 3.42. The molecule has 19 heavy (non-hydrogen) atoms. The third kappa shape index (κ3) is 2.33. The predicted octanol–water partition coefficient (Wildman–Crippen LogP) is 4.33. The topological polar surface area (TPSA) is 26.0 Å². The van der Waals surface area contributed by atoms with Crippen molar-refractivity contribution in [3.63, 3.8) is 0 Å². The van der Waals surface area contributed by atoms with Crippen LogP contribution in [0.4, 0.5) is 0 Å². The number of nitrogens with two attached hydrogens (primary N) is 1. The van der Waals surface area contributed by atoms with Crippen molar-refractivity contribution in [1.82, 2.24) is 0 Å². The summed E-state index contributed by atoms with van der Waals surface area (Å²) in [7, 11) is 0. The molecule has 2 N–H and O–H groups in total. The fraction of sp³-hybridized carbons (Fsp3) is 0.667. The molecule has 0 aliphatic heterocycles. The molecule has 2 saturated carbocycles. The fourth-order valence-corrected chi connectivity index (χ4v) is 4.66. The minimum atomic E-state index is 0.288. The Morgan fingerprint density at radius 2 is 1.74 bits per heavy atom. The maximum absolute atomic E-state index is 6.18. The lowest BCUT2D eigenvalue weighted by Crippen LogP contribution is -2.53.